The minimum atomic E-state index is -0.177. The number of benzene rings is 1. The second kappa shape index (κ2) is 5.58. The summed E-state index contributed by atoms with van der Waals surface area (Å²) in [6.07, 6.45) is 2.49. The Bertz CT molecular complexity index is 832. The van der Waals surface area contributed by atoms with Gasteiger partial charge in [0, 0.05) is 17.7 Å². The van der Waals surface area contributed by atoms with E-state index in [0.717, 1.165) is 35.6 Å². The number of fused-ring (bicyclic) bond motifs is 1. The summed E-state index contributed by atoms with van der Waals surface area (Å²) in [7, 11) is 0. The Balaban J connectivity index is 1.87. The zero-order valence-corrected chi connectivity index (χ0v) is 14.3. The van der Waals surface area contributed by atoms with Gasteiger partial charge in [-0.05, 0) is 36.8 Å². The average molecular weight is 322 g/mol. The molecule has 1 aromatic carbocycles. The topological polar surface area (TPSA) is 59.8 Å². The fraction of sp³-hybridized carbons (Fsp3) is 0.421. The highest BCUT2D eigenvalue weighted by Gasteiger charge is 2.38. The van der Waals surface area contributed by atoms with Gasteiger partial charge in [0.15, 0.2) is 5.78 Å². The number of rotatable bonds is 2. The zero-order valence-electron chi connectivity index (χ0n) is 14.3. The van der Waals surface area contributed by atoms with Gasteiger partial charge < -0.3 is 5.32 Å². The number of hydrogen-bond acceptors (Lipinski definition) is 4. The van der Waals surface area contributed by atoms with Crippen LogP contribution in [-0.4, -0.2) is 20.5 Å². The van der Waals surface area contributed by atoms with Gasteiger partial charge >= 0.3 is 0 Å². The van der Waals surface area contributed by atoms with Crippen LogP contribution in [0.3, 0.4) is 0 Å². The fourth-order valence-corrected chi connectivity index (χ4v) is 3.76. The summed E-state index contributed by atoms with van der Waals surface area (Å²) in [5.74, 6) is 2.03. The maximum Gasteiger partial charge on any atom is 0.226 e. The van der Waals surface area contributed by atoms with Crippen LogP contribution in [0.4, 0.5) is 5.95 Å². The summed E-state index contributed by atoms with van der Waals surface area (Å²) >= 11 is 0. The quantitative estimate of drug-likeness (QED) is 0.920. The van der Waals surface area contributed by atoms with E-state index in [-0.39, 0.29) is 11.8 Å². The molecule has 24 heavy (non-hydrogen) atoms. The van der Waals surface area contributed by atoms with Gasteiger partial charge in [-0.15, -0.1) is 0 Å². The van der Waals surface area contributed by atoms with E-state index < -0.39 is 0 Å². The number of Topliss-reactive ketones (excluding diaryl/α,β-unsaturated/α-hetero) is 1. The molecule has 5 heteroatoms. The van der Waals surface area contributed by atoms with E-state index in [4.69, 9.17) is 0 Å². The Morgan fingerprint density at radius 1 is 1.25 bits per heavy atom. The van der Waals surface area contributed by atoms with Gasteiger partial charge in [-0.1, -0.05) is 38.1 Å². The standard InChI is InChI=1S/C19H22N4O/c1-4-13-5-7-14(8-6-13)18-17-15(9-11(2)10-16(17)24)21-19-20-12(3)22-23(18)19/h5-8,11,18H,4,9-10H2,1-3H3,(H,20,21,22)/t11-,18+/m0/s1. The van der Waals surface area contributed by atoms with Crippen LogP contribution in [0.5, 0.6) is 0 Å². The Morgan fingerprint density at radius 3 is 2.71 bits per heavy atom. The number of aryl methyl sites for hydroxylation is 2. The third-order valence-electron chi connectivity index (χ3n) is 4.93. The number of allylic oxidation sites excluding steroid dienone is 2. The first kappa shape index (κ1) is 15.1. The molecule has 1 N–H and O–H groups in total. The molecule has 4 rings (SSSR count). The molecule has 1 aliphatic carbocycles. The van der Waals surface area contributed by atoms with Crippen LogP contribution >= 0.6 is 0 Å². The van der Waals surface area contributed by atoms with E-state index in [1.165, 1.54) is 5.56 Å². The predicted molar refractivity (Wildman–Crippen MR) is 92.8 cm³/mol. The predicted octanol–water partition coefficient (Wildman–Crippen LogP) is 3.42. The van der Waals surface area contributed by atoms with Crippen molar-refractivity contribution in [3.63, 3.8) is 0 Å². The molecular formula is C19H22N4O. The van der Waals surface area contributed by atoms with Gasteiger partial charge in [0.05, 0.1) is 0 Å². The van der Waals surface area contributed by atoms with Gasteiger partial charge in [0.2, 0.25) is 5.95 Å². The Hall–Kier alpha value is -2.43. The molecule has 1 aliphatic heterocycles. The van der Waals surface area contributed by atoms with Crippen LogP contribution in [0.1, 0.15) is 49.7 Å². The molecule has 0 bridgehead atoms. The molecule has 2 aromatic rings. The van der Waals surface area contributed by atoms with Crippen LogP contribution in [0.2, 0.25) is 0 Å². The molecule has 0 saturated carbocycles. The fourth-order valence-electron chi connectivity index (χ4n) is 3.76. The lowest BCUT2D eigenvalue weighted by atomic mass is 9.81. The summed E-state index contributed by atoms with van der Waals surface area (Å²) in [5.41, 5.74) is 4.26. The second-order valence-electron chi connectivity index (χ2n) is 6.88. The molecule has 0 radical (unpaired) electrons. The summed E-state index contributed by atoms with van der Waals surface area (Å²) < 4.78 is 1.86. The van der Waals surface area contributed by atoms with Gasteiger partial charge in [0.1, 0.15) is 11.9 Å². The molecule has 0 unspecified atom stereocenters. The summed E-state index contributed by atoms with van der Waals surface area (Å²) in [5, 5.41) is 7.90. The summed E-state index contributed by atoms with van der Waals surface area (Å²) in [6, 6.07) is 8.33. The smallest absolute Gasteiger partial charge is 0.226 e. The maximum absolute atomic E-state index is 12.8. The second-order valence-corrected chi connectivity index (χ2v) is 6.88. The molecular weight excluding hydrogens is 300 g/mol. The van der Waals surface area contributed by atoms with Crippen molar-refractivity contribution in [2.24, 2.45) is 5.92 Å². The zero-order chi connectivity index (χ0) is 16.8. The van der Waals surface area contributed by atoms with Gasteiger partial charge in [-0.25, -0.2) is 4.68 Å². The first-order chi connectivity index (χ1) is 11.6. The van der Waals surface area contributed by atoms with Crippen LogP contribution in [0.25, 0.3) is 0 Å². The van der Waals surface area contributed by atoms with E-state index in [0.29, 0.717) is 18.2 Å². The van der Waals surface area contributed by atoms with Crippen molar-refractivity contribution in [3.05, 3.63) is 52.5 Å². The highest BCUT2D eigenvalue weighted by atomic mass is 16.1. The van der Waals surface area contributed by atoms with Crippen molar-refractivity contribution in [2.75, 3.05) is 5.32 Å². The highest BCUT2D eigenvalue weighted by molar-refractivity contribution is 5.99. The third kappa shape index (κ3) is 2.35. The van der Waals surface area contributed by atoms with E-state index in [1.807, 2.05) is 11.6 Å². The molecule has 2 aliphatic rings. The van der Waals surface area contributed by atoms with Crippen molar-refractivity contribution in [1.29, 1.82) is 0 Å². The lowest BCUT2D eigenvalue weighted by Gasteiger charge is -2.34. The van der Waals surface area contributed by atoms with E-state index in [9.17, 15) is 4.79 Å². The van der Waals surface area contributed by atoms with Crippen molar-refractivity contribution in [3.8, 4) is 0 Å². The molecule has 124 valence electrons. The highest BCUT2D eigenvalue weighted by Crippen LogP contribution is 2.41. The van der Waals surface area contributed by atoms with Crippen molar-refractivity contribution >= 4 is 11.7 Å². The van der Waals surface area contributed by atoms with Gasteiger partial charge in [-0.3, -0.25) is 4.79 Å². The normalized spacial score (nSPS) is 22.9. The third-order valence-corrected chi connectivity index (χ3v) is 4.93. The van der Waals surface area contributed by atoms with Crippen molar-refractivity contribution in [2.45, 2.75) is 46.1 Å². The first-order valence-electron chi connectivity index (χ1n) is 8.62. The molecule has 0 fully saturated rings. The summed E-state index contributed by atoms with van der Waals surface area (Å²) in [6.45, 7) is 6.15. The molecule has 1 aromatic heterocycles. The van der Waals surface area contributed by atoms with E-state index >= 15 is 0 Å². The van der Waals surface area contributed by atoms with Crippen LogP contribution in [0.15, 0.2) is 35.5 Å². The van der Waals surface area contributed by atoms with Crippen molar-refractivity contribution < 1.29 is 4.79 Å². The van der Waals surface area contributed by atoms with Crippen LogP contribution in [0, 0.1) is 12.8 Å². The minimum Gasteiger partial charge on any atom is -0.328 e. The number of nitrogens with one attached hydrogen (secondary N) is 1. The molecule has 5 nitrogen and oxygen atoms in total. The van der Waals surface area contributed by atoms with Crippen LogP contribution < -0.4 is 5.32 Å². The number of ketones is 1. The average Bonchev–Trinajstić information content (AvgIpc) is 2.92. The lowest BCUT2D eigenvalue weighted by molar-refractivity contribution is -0.117. The number of aromatic nitrogens is 3. The van der Waals surface area contributed by atoms with Gasteiger partial charge in [-0.2, -0.15) is 10.1 Å². The lowest BCUT2D eigenvalue weighted by Crippen LogP contribution is -2.33. The SMILES string of the molecule is CCc1ccc([C@@H]2C3=C(C[C@H](C)CC3=O)Nc3nc(C)nn32)cc1. The molecule has 2 heterocycles. The monoisotopic (exact) mass is 322 g/mol. The number of carbonyl (C=O) groups excluding carboxylic acids is 1. The molecule has 0 saturated heterocycles. The Labute approximate surface area is 141 Å². The first-order valence-corrected chi connectivity index (χ1v) is 8.62. The minimum absolute atomic E-state index is 0.177. The van der Waals surface area contributed by atoms with E-state index in [1.54, 1.807) is 0 Å². The van der Waals surface area contributed by atoms with Gasteiger partial charge in [0.25, 0.3) is 0 Å². The Kier molecular flexibility index (Phi) is 3.52. The number of nitrogens with zero attached hydrogens (tertiary/aromatic N) is 3. The van der Waals surface area contributed by atoms with Crippen molar-refractivity contribution in [1.82, 2.24) is 14.8 Å². The van der Waals surface area contributed by atoms with E-state index in [2.05, 4.69) is 53.5 Å². The molecule has 2 atom stereocenters. The number of hydrogen-bond donors (Lipinski definition) is 1. The maximum atomic E-state index is 12.8. The van der Waals surface area contributed by atoms with Crippen LogP contribution in [-0.2, 0) is 11.2 Å². The number of carbonyl (C=O) groups is 1. The number of anilines is 1. The molecule has 0 spiro atoms. The molecule has 0 amide bonds. The Morgan fingerprint density at radius 2 is 2.00 bits per heavy atom. The summed E-state index contributed by atoms with van der Waals surface area (Å²) in [4.78, 5) is 17.3. The largest absolute Gasteiger partial charge is 0.328 e.